The first-order chi connectivity index (χ1) is 14.2. The van der Waals surface area contributed by atoms with E-state index in [-0.39, 0.29) is 24.0 Å². The number of rotatable bonds is 7. The van der Waals surface area contributed by atoms with Gasteiger partial charge in [-0.25, -0.2) is 0 Å². The van der Waals surface area contributed by atoms with Crippen molar-refractivity contribution in [3.8, 4) is 11.4 Å². The number of nitrogens with zero attached hydrogens (tertiary/aromatic N) is 2. The molecule has 8 nitrogen and oxygen atoms in total. The summed E-state index contributed by atoms with van der Waals surface area (Å²) in [6.45, 7) is 0. The molecular formula is C20H16N4O4S. The van der Waals surface area contributed by atoms with Crippen molar-refractivity contribution in [2.24, 2.45) is 0 Å². The molecule has 1 aromatic carbocycles. The summed E-state index contributed by atoms with van der Waals surface area (Å²) in [5.74, 6) is 0.651. The molecule has 0 radical (unpaired) electrons. The van der Waals surface area contributed by atoms with Gasteiger partial charge in [-0.05, 0) is 47.8 Å². The molecule has 3 aromatic heterocycles. The van der Waals surface area contributed by atoms with Gasteiger partial charge in [0.1, 0.15) is 0 Å². The minimum absolute atomic E-state index is 0.173. The van der Waals surface area contributed by atoms with Gasteiger partial charge in [0.2, 0.25) is 17.6 Å². The Morgan fingerprint density at radius 1 is 1.03 bits per heavy atom. The van der Waals surface area contributed by atoms with E-state index in [1.807, 2.05) is 16.8 Å². The van der Waals surface area contributed by atoms with Crippen molar-refractivity contribution < 1.29 is 18.5 Å². The van der Waals surface area contributed by atoms with Crippen LogP contribution in [0.3, 0.4) is 0 Å². The first-order valence-electron chi connectivity index (χ1n) is 8.77. The number of hydrogen-bond acceptors (Lipinski definition) is 7. The lowest BCUT2D eigenvalue weighted by molar-refractivity contribution is -0.116. The number of thiophene rings is 1. The summed E-state index contributed by atoms with van der Waals surface area (Å²) in [5, 5.41) is 13.3. The standard InChI is InChI=1S/C20H16N4O4S/c25-17(7-8-18-23-19(24-28-18)13-9-11-29-12-13)21-14-3-5-15(6-4-14)22-20(26)16-2-1-10-27-16/h1-6,9-12H,7-8H2,(H,21,25)(H,22,26). The second-order valence-corrected chi connectivity index (χ2v) is 6.86. The van der Waals surface area contributed by atoms with Crippen LogP contribution in [-0.4, -0.2) is 22.0 Å². The lowest BCUT2D eigenvalue weighted by Gasteiger charge is -2.07. The zero-order valence-corrected chi connectivity index (χ0v) is 15.9. The Balaban J connectivity index is 1.27. The van der Waals surface area contributed by atoms with Crippen LogP contribution in [0.5, 0.6) is 0 Å². The summed E-state index contributed by atoms with van der Waals surface area (Å²) in [4.78, 5) is 28.4. The van der Waals surface area contributed by atoms with Crippen LogP contribution < -0.4 is 10.6 Å². The summed E-state index contributed by atoms with van der Waals surface area (Å²) >= 11 is 1.55. The molecule has 29 heavy (non-hydrogen) atoms. The van der Waals surface area contributed by atoms with Crippen LogP contribution in [-0.2, 0) is 11.2 Å². The van der Waals surface area contributed by atoms with E-state index in [1.54, 1.807) is 47.7 Å². The van der Waals surface area contributed by atoms with E-state index in [0.29, 0.717) is 29.5 Å². The third kappa shape index (κ3) is 4.77. The number of carbonyl (C=O) groups excluding carboxylic acids is 2. The highest BCUT2D eigenvalue weighted by Gasteiger charge is 2.12. The van der Waals surface area contributed by atoms with Crippen molar-refractivity contribution in [2.75, 3.05) is 10.6 Å². The topological polar surface area (TPSA) is 110 Å². The van der Waals surface area contributed by atoms with Gasteiger partial charge in [0, 0.05) is 35.2 Å². The first-order valence-corrected chi connectivity index (χ1v) is 9.71. The van der Waals surface area contributed by atoms with Crippen LogP contribution in [0.25, 0.3) is 11.4 Å². The molecule has 0 spiro atoms. The fourth-order valence-electron chi connectivity index (χ4n) is 2.55. The van der Waals surface area contributed by atoms with Crippen LogP contribution >= 0.6 is 11.3 Å². The van der Waals surface area contributed by atoms with Crippen molar-refractivity contribution in [2.45, 2.75) is 12.8 Å². The number of aromatic nitrogens is 2. The summed E-state index contributed by atoms with van der Waals surface area (Å²) in [6.07, 6.45) is 1.99. The van der Waals surface area contributed by atoms with Crippen molar-refractivity contribution in [3.05, 3.63) is 71.1 Å². The van der Waals surface area contributed by atoms with Crippen molar-refractivity contribution >= 4 is 34.5 Å². The van der Waals surface area contributed by atoms with Gasteiger partial charge in [-0.1, -0.05) is 5.16 Å². The quantitative estimate of drug-likeness (QED) is 0.474. The summed E-state index contributed by atoms with van der Waals surface area (Å²) < 4.78 is 10.2. The highest BCUT2D eigenvalue weighted by atomic mass is 32.1. The zero-order valence-electron chi connectivity index (χ0n) is 15.1. The molecule has 0 aliphatic heterocycles. The molecular weight excluding hydrogens is 392 g/mol. The van der Waals surface area contributed by atoms with Gasteiger partial charge < -0.3 is 19.6 Å². The number of carbonyl (C=O) groups is 2. The smallest absolute Gasteiger partial charge is 0.291 e. The Labute approximate surface area is 169 Å². The van der Waals surface area contributed by atoms with Crippen LogP contribution in [0.1, 0.15) is 22.9 Å². The molecule has 0 bridgehead atoms. The molecule has 0 unspecified atom stereocenters. The maximum atomic E-state index is 12.2. The van der Waals surface area contributed by atoms with Crippen LogP contribution in [0.4, 0.5) is 11.4 Å². The monoisotopic (exact) mass is 408 g/mol. The normalized spacial score (nSPS) is 10.6. The van der Waals surface area contributed by atoms with Gasteiger partial charge in [0.25, 0.3) is 5.91 Å². The molecule has 4 aromatic rings. The molecule has 0 fully saturated rings. The van der Waals surface area contributed by atoms with E-state index >= 15 is 0 Å². The van der Waals surface area contributed by atoms with Gasteiger partial charge in [-0.3, -0.25) is 9.59 Å². The summed E-state index contributed by atoms with van der Waals surface area (Å²) in [5.41, 5.74) is 2.11. The van der Waals surface area contributed by atoms with E-state index in [0.717, 1.165) is 5.56 Å². The molecule has 0 saturated heterocycles. The minimum Gasteiger partial charge on any atom is -0.459 e. The average Bonchev–Trinajstić information content (AvgIpc) is 3.50. The van der Waals surface area contributed by atoms with Gasteiger partial charge in [-0.2, -0.15) is 16.3 Å². The second-order valence-electron chi connectivity index (χ2n) is 6.08. The van der Waals surface area contributed by atoms with Crippen LogP contribution in [0, 0.1) is 0 Å². The molecule has 2 N–H and O–H groups in total. The van der Waals surface area contributed by atoms with Gasteiger partial charge >= 0.3 is 0 Å². The number of aryl methyl sites for hydroxylation is 1. The van der Waals surface area contributed by atoms with Gasteiger partial charge in [-0.15, -0.1) is 0 Å². The molecule has 0 atom stereocenters. The van der Waals surface area contributed by atoms with Crippen LogP contribution in [0.15, 0.2) is 68.4 Å². The summed E-state index contributed by atoms with van der Waals surface area (Å²) in [6, 6.07) is 11.9. The van der Waals surface area contributed by atoms with E-state index < -0.39 is 0 Å². The van der Waals surface area contributed by atoms with E-state index in [2.05, 4.69) is 20.8 Å². The molecule has 2 amide bonds. The Morgan fingerprint density at radius 2 is 1.83 bits per heavy atom. The van der Waals surface area contributed by atoms with E-state index in [9.17, 15) is 9.59 Å². The highest BCUT2D eigenvalue weighted by molar-refractivity contribution is 7.08. The Hall–Kier alpha value is -3.72. The third-order valence-electron chi connectivity index (χ3n) is 3.98. The Morgan fingerprint density at radius 3 is 2.52 bits per heavy atom. The molecule has 0 saturated carbocycles. The number of hydrogen-bond donors (Lipinski definition) is 2. The first kappa shape index (κ1) is 18.6. The fourth-order valence-corrected chi connectivity index (χ4v) is 3.18. The van der Waals surface area contributed by atoms with E-state index in [1.165, 1.54) is 6.26 Å². The third-order valence-corrected chi connectivity index (χ3v) is 4.67. The molecule has 0 aliphatic rings. The number of anilines is 2. The van der Waals surface area contributed by atoms with Crippen LogP contribution in [0.2, 0.25) is 0 Å². The van der Waals surface area contributed by atoms with Crippen molar-refractivity contribution in [1.82, 2.24) is 10.1 Å². The Bertz CT molecular complexity index is 1090. The highest BCUT2D eigenvalue weighted by Crippen LogP contribution is 2.19. The lowest BCUT2D eigenvalue weighted by Crippen LogP contribution is -2.13. The fraction of sp³-hybridized carbons (Fsp3) is 0.100. The minimum atomic E-state index is -0.340. The van der Waals surface area contributed by atoms with E-state index in [4.69, 9.17) is 8.94 Å². The molecule has 146 valence electrons. The predicted molar refractivity (Wildman–Crippen MR) is 108 cm³/mol. The molecule has 4 rings (SSSR count). The number of nitrogens with one attached hydrogen (secondary N) is 2. The number of amides is 2. The van der Waals surface area contributed by atoms with Crippen molar-refractivity contribution in [3.63, 3.8) is 0 Å². The maximum Gasteiger partial charge on any atom is 0.291 e. The average molecular weight is 408 g/mol. The zero-order chi connectivity index (χ0) is 20.1. The SMILES string of the molecule is O=C(CCc1nc(-c2ccsc2)no1)Nc1ccc(NC(=O)c2ccco2)cc1. The van der Waals surface area contributed by atoms with Crippen molar-refractivity contribution in [1.29, 1.82) is 0 Å². The summed E-state index contributed by atoms with van der Waals surface area (Å²) in [7, 11) is 0. The number of furan rings is 1. The second kappa shape index (κ2) is 8.53. The largest absolute Gasteiger partial charge is 0.459 e. The van der Waals surface area contributed by atoms with Gasteiger partial charge in [0.15, 0.2) is 5.76 Å². The maximum absolute atomic E-state index is 12.2. The lowest BCUT2D eigenvalue weighted by atomic mass is 10.2. The predicted octanol–water partition coefficient (Wildman–Crippen LogP) is 4.21. The number of benzene rings is 1. The molecule has 9 heteroatoms. The Kier molecular flexibility index (Phi) is 5.48. The molecule has 3 heterocycles. The molecule has 0 aliphatic carbocycles. The van der Waals surface area contributed by atoms with Gasteiger partial charge in [0.05, 0.1) is 6.26 Å².